The lowest BCUT2D eigenvalue weighted by atomic mass is 10.1. The molecular weight excluding hydrogens is 290 g/mol. The van der Waals surface area contributed by atoms with Crippen molar-refractivity contribution in [2.24, 2.45) is 7.05 Å². The Morgan fingerprint density at radius 2 is 2.09 bits per heavy atom. The first-order chi connectivity index (χ1) is 11.0. The number of nitrogens with one attached hydrogen (secondary N) is 1. The summed E-state index contributed by atoms with van der Waals surface area (Å²) in [6.07, 6.45) is 7.74. The fraction of sp³-hybridized carbons (Fsp3) is 0.353. The van der Waals surface area contributed by atoms with Gasteiger partial charge in [-0.25, -0.2) is 9.97 Å². The predicted octanol–water partition coefficient (Wildman–Crippen LogP) is 1.99. The molecular formula is C17H21N5O. The molecule has 0 spiro atoms. The molecule has 6 heteroatoms. The molecule has 1 N–H and O–H groups in total. The number of anilines is 1. The van der Waals surface area contributed by atoms with Crippen LogP contribution < -0.4 is 10.9 Å². The Balaban J connectivity index is 2.24. The maximum atomic E-state index is 12.5. The first-order valence-corrected chi connectivity index (χ1v) is 7.67. The Labute approximate surface area is 135 Å². The zero-order valence-electron chi connectivity index (χ0n) is 13.9. The van der Waals surface area contributed by atoms with Gasteiger partial charge in [-0.15, -0.1) is 0 Å². The van der Waals surface area contributed by atoms with Crippen LogP contribution in [-0.2, 0) is 7.05 Å². The summed E-state index contributed by atoms with van der Waals surface area (Å²) in [4.78, 5) is 23.7. The maximum absolute atomic E-state index is 12.5. The number of aryl methyl sites for hydroxylation is 1. The van der Waals surface area contributed by atoms with Crippen molar-refractivity contribution in [2.45, 2.75) is 19.9 Å². The molecule has 0 atom stereocenters. The highest BCUT2D eigenvalue weighted by Crippen LogP contribution is 2.24. The van der Waals surface area contributed by atoms with Gasteiger partial charge in [0.15, 0.2) is 0 Å². The minimum atomic E-state index is -0.0949. The number of hydrogen-bond donors (Lipinski definition) is 1. The summed E-state index contributed by atoms with van der Waals surface area (Å²) in [6.45, 7) is 4.93. The Hall–Kier alpha value is -2.63. The fourth-order valence-electron chi connectivity index (χ4n) is 2.58. The van der Waals surface area contributed by atoms with Crippen LogP contribution in [0.5, 0.6) is 0 Å². The van der Waals surface area contributed by atoms with Crippen LogP contribution in [0.4, 0.5) is 5.82 Å². The Bertz CT molecular complexity index is 863. The smallest absolute Gasteiger partial charge is 0.264 e. The normalized spacial score (nSPS) is 14.5. The van der Waals surface area contributed by atoms with Gasteiger partial charge in [-0.3, -0.25) is 4.79 Å². The Morgan fingerprint density at radius 3 is 2.78 bits per heavy atom. The van der Waals surface area contributed by atoms with Crippen LogP contribution >= 0.6 is 0 Å². The number of likely N-dealkylation sites (N-methyl/N-ethyl adjacent to an activating group) is 1. The van der Waals surface area contributed by atoms with Gasteiger partial charge in [-0.1, -0.05) is 12.2 Å². The van der Waals surface area contributed by atoms with E-state index in [9.17, 15) is 4.79 Å². The molecule has 6 nitrogen and oxygen atoms in total. The molecule has 120 valence electrons. The third-order valence-corrected chi connectivity index (χ3v) is 3.67. The lowest BCUT2D eigenvalue weighted by Gasteiger charge is -2.19. The third kappa shape index (κ3) is 2.97. The van der Waals surface area contributed by atoms with Crippen LogP contribution in [0.3, 0.4) is 0 Å². The van der Waals surface area contributed by atoms with E-state index in [0.29, 0.717) is 16.7 Å². The minimum Gasteiger partial charge on any atom is -0.376 e. The molecule has 0 saturated heterocycles. The van der Waals surface area contributed by atoms with E-state index in [0.717, 1.165) is 17.8 Å². The van der Waals surface area contributed by atoms with Gasteiger partial charge in [0, 0.05) is 38.5 Å². The highest BCUT2D eigenvalue weighted by molar-refractivity contribution is 5.91. The number of aromatic nitrogens is 3. The summed E-state index contributed by atoms with van der Waals surface area (Å²) >= 11 is 0. The van der Waals surface area contributed by atoms with E-state index >= 15 is 0 Å². The molecule has 0 fully saturated rings. The number of pyridine rings is 1. The average Bonchev–Trinajstić information content (AvgIpc) is 2.50. The molecule has 0 aliphatic carbocycles. The van der Waals surface area contributed by atoms with E-state index in [2.05, 4.69) is 21.3 Å². The van der Waals surface area contributed by atoms with Crippen molar-refractivity contribution in [3.63, 3.8) is 0 Å². The van der Waals surface area contributed by atoms with Crippen molar-refractivity contribution in [2.75, 3.05) is 18.9 Å². The van der Waals surface area contributed by atoms with E-state index in [1.54, 1.807) is 13.4 Å². The molecule has 23 heavy (non-hydrogen) atoms. The zero-order chi connectivity index (χ0) is 16.6. The standard InChI is InChI=1S/C17H21N5O/c1-11(2)19-16-15-14(18-10-22(4)17(15)23)8-13(20-16)12-6-5-7-21(3)9-12/h5-6,8-11H,7H2,1-4H3,(H,19,20). The summed E-state index contributed by atoms with van der Waals surface area (Å²) in [5.41, 5.74) is 2.38. The average molecular weight is 311 g/mol. The lowest BCUT2D eigenvalue weighted by molar-refractivity contribution is 0.507. The van der Waals surface area contributed by atoms with Crippen molar-refractivity contribution in [1.82, 2.24) is 19.4 Å². The van der Waals surface area contributed by atoms with E-state index in [1.165, 1.54) is 4.57 Å². The van der Waals surface area contributed by atoms with Crippen LogP contribution in [0.1, 0.15) is 19.5 Å². The quantitative estimate of drug-likeness (QED) is 0.939. The molecule has 1 aliphatic heterocycles. The van der Waals surface area contributed by atoms with Gasteiger partial charge in [0.2, 0.25) is 0 Å². The minimum absolute atomic E-state index is 0.0949. The van der Waals surface area contributed by atoms with Crippen LogP contribution in [0.2, 0.25) is 0 Å². The molecule has 2 aromatic heterocycles. The topological polar surface area (TPSA) is 63.1 Å². The molecule has 3 heterocycles. The highest BCUT2D eigenvalue weighted by atomic mass is 16.1. The summed E-state index contributed by atoms with van der Waals surface area (Å²) in [7, 11) is 3.72. The predicted molar refractivity (Wildman–Crippen MR) is 93.3 cm³/mol. The van der Waals surface area contributed by atoms with Crippen LogP contribution in [0, 0.1) is 0 Å². The lowest BCUT2D eigenvalue weighted by Crippen LogP contribution is -2.21. The van der Waals surface area contributed by atoms with Gasteiger partial charge in [0.25, 0.3) is 5.56 Å². The second kappa shape index (κ2) is 5.87. The largest absolute Gasteiger partial charge is 0.376 e. The van der Waals surface area contributed by atoms with E-state index in [4.69, 9.17) is 4.98 Å². The molecule has 0 amide bonds. The maximum Gasteiger partial charge on any atom is 0.264 e. The molecule has 0 bridgehead atoms. The number of fused-ring (bicyclic) bond motifs is 1. The van der Waals surface area contributed by atoms with Gasteiger partial charge in [0.05, 0.1) is 17.5 Å². The first kappa shape index (κ1) is 15.3. The second-order valence-corrected chi connectivity index (χ2v) is 6.14. The van der Waals surface area contributed by atoms with Gasteiger partial charge in [-0.2, -0.15) is 0 Å². The molecule has 3 rings (SSSR count). The van der Waals surface area contributed by atoms with E-state index in [1.807, 2.05) is 39.2 Å². The molecule has 0 unspecified atom stereocenters. The molecule has 2 aromatic rings. The summed E-state index contributed by atoms with van der Waals surface area (Å²) in [5, 5.41) is 3.81. The number of nitrogens with zero attached hydrogens (tertiary/aromatic N) is 4. The van der Waals surface area contributed by atoms with Crippen LogP contribution in [-0.4, -0.2) is 39.1 Å². The number of hydrogen-bond acceptors (Lipinski definition) is 5. The molecule has 0 aromatic carbocycles. The van der Waals surface area contributed by atoms with E-state index in [-0.39, 0.29) is 11.6 Å². The van der Waals surface area contributed by atoms with Crippen molar-refractivity contribution >= 4 is 22.3 Å². The van der Waals surface area contributed by atoms with Gasteiger partial charge < -0.3 is 14.8 Å². The van der Waals surface area contributed by atoms with Gasteiger partial charge in [0.1, 0.15) is 11.2 Å². The highest BCUT2D eigenvalue weighted by Gasteiger charge is 2.15. The fourth-order valence-corrected chi connectivity index (χ4v) is 2.58. The van der Waals surface area contributed by atoms with Gasteiger partial charge in [-0.05, 0) is 19.9 Å². The van der Waals surface area contributed by atoms with E-state index < -0.39 is 0 Å². The SMILES string of the molecule is CC(C)Nc1nc(C2=CN(C)CC=C2)cc2ncn(C)c(=O)c12. The van der Waals surface area contributed by atoms with Crippen molar-refractivity contribution in [3.05, 3.63) is 46.8 Å². The number of rotatable bonds is 3. The van der Waals surface area contributed by atoms with Crippen molar-refractivity contribution < 1.29 is 0 Å². The van der Waals surface area contributed by atoms with Gasteiger partial charge >= 0.3 is 0 Å². The van der Waals surface area contributed by atoms with Crippen molar-refractivity contribution in [1.29, 1.82) is 0 Å². The van der Waals surface area contributed by atoms with Crippen LogP contribution in [0.15, 0.2) is 35.5 Å². The molecule has 1 aliphatic rings. The zero-order valence-corrected chi connectivity index (χ0v) is 13.9. The molecule has 0 saturated carbocycles. The summed E-state index contributed by atoms with van der Waals surface area (Å²) in [5.74, 6) is 0.587. The monoisotopic (exact) mass is 311 g/mol. The summed E-state index contributed by atoms with van der Waals surface area (Å²) in [6, 6.07) is 2.04. The van der Waals surface area contributed by atoms with Crippen molar-refractivity contribution in [3.8, 4) is 0 Å². The summed E-state index contributed by atoms with van der Waals surface area (Å²) < 4.78 is 1.47. The Kier molecular flexibility index (Phi) is 3.90. The first-order valence-electron chi connectivity index (χ1n) is 7.67. The molecule has 0 radical (unpaired) electrons. The van der Waals surface area contributed by atoms with Crippen LogP contribution in [0.25, 0.3) is 16.5 Å². The number of allylic oxidation sites excluding steroid dienone is 2. The Morgan fingerprint density at radius 1 is 1.30 bits per heavy atom. The second-order valence-electron chi connectivity index (χ2n) is 6.14. The third-order valence-electron chi connectivity index (χ3n) is 3.67.